The van der Waals surface area contributed by atoms with Gasteiger partial charge in [-0.1, -0.05) is 38.1 Å². The number of anilines is 1. The first-order chi connectivity index (χ1) is 7.75. The summed E-state index contributed by atoms with van der Waals surface area (Å²) in [4.78, 5) is 2.30. The van der Waals surface area contributed by atoms with E-state index in [0.717, 1.165) is 13.0 Å². The van der Waals surface area contributed by atoms with Crippen LogP contribution < -0.4 is 4.90 Å². The van der Waals surface area contributed by atoms with Gasteiger partial charge in [0.2, 0.25) is 0 Å². The number of para-hydroxylation sites is 1. The molecular weight excluding hydrogens is 194 g/mol. The van der Waals surface area contributed by atoms with Crippen molar-refractivity contribution in [1.29, 1.82) is 0 Å². The average molecular weight is 219 g/mol. The van der Waals surface area contributed by atoms with Gasteiger partial charge in [0, 0.05) is 19.3 Å². The van der Waals surface area contributed by atoms with Crippen LogP contribution in [0.1, 0.15) is 32.3 Å². The Balaban J connectivity index is 0.00000106. The first-order valence-electron chi connectivity index (χ1n) is 6.13. The Morgan fingerprint density at radius 1 is 1.25 bits per heavy atom. The highest BCUT2D eigenvalue weighted by atomic mass is 15.1. The summed E-state index contributed by atoms with van der Waals surface area (Å²) in [6, 6.07) is 8.49. The summed E-state index contributed by atoms with van der Waals surface area (Å²) in [6.07, 6.45) is 4.25. The van der Waals surface area contributed by atoms with E-state index in [1.54, 1.807) is 0 Å². The Morgan fingerprint density at radius 2 is 1.88 bits per heavy atom. The molecule has 0 heterocycles. The van der Waals surface area contributed by atoms with Crippen molar-refractivity contribution in [1.82, 2.24) is 0 Å². The van der Waals surface area contributed by atoms with Crippen LogP contribution in [0.5, 0.6) is 0 Å². The normalized spacial score (nSPS) is 9.00. The number of rotatable bonds is 5. The Bertz CT molecular complexity index is 291. The lowest BCUT2D eigenvalue weighted by molar-refractivity contribution is 0.800. The monoisotopic (exact) mass is 219 g/mol. The number of hydrogen-bond donors (Lipinski definition) is 0. The third kappa shape index (κ3) is 5.01. The van der Waals surface area contributed by atoms with Crippen molar-refractivity contribution in [3.63, 3.8) is 0 Å². The summed E-state index contributed by atoms with van der Waals surface area (Å²) in [7, 11) is 2.14. The molecule has 0 spiro atoms. The van der Waals surface area contributed by atoms with E-state index in [2.05, 4.69) is 49.7 Å². The van der Waals surface area contributed by atoms with Gasteiger partial charge < -0.3 is 4.90 Å². The number of nitrogens with zero attached hydrogens (tertiary/aromatic N) is 1. The summed E-state index contributed by atoms with van der Waals surface area (Å²) < 4.78 is 0. The van der Waals surface area contributed by atoms with Crippen LogP contribution in [0.3, 0.4) is 0 Å². The summed E-state index contributed by atoms with van der Waals surface area (Å²) in [5.74, 6) is 0. The fraction of sp³-hybridized carbons (Fsp3) is 0.467. The third-order valence-electron chi connectivity index (χ3n) is 2.43. The number of benzene rings is 1. The maximum atomic E-state index is 3.73. The number of aryl methyl sites for hydroxylation is 1. The summed E-state index contributed by atoms with van der Waals surface area (Å²) in [5, 5.41) is 0. The van der Waals surface area contributed by atoms with Crippen LogP contribution in [0, 0.1) is 6.92 Å². The van der Waals surface area contributed by atoms with Crippen LogP contribution >= 0.6 is 0 Å². The zero-order valence-electron chi connectivity index (χ0n) is 11.2. The largest absolute Gasteiger partial charge is 0.374 e. The molecule has 1 rings (SSSR count). The van der Waals surface area contributed by atoms with E-state index in [9.17, 15) is 0 Å². The Labute approximate surface area is 101 Å². The standard InChI is InChI=1S/C13H19N.C2H6/c1-4-5-8-11-14(3)13-10-7-6-9-12(13)2;1-2/h4,6-7,9-10H,1,5,8,11H2,2-3H3;1-2H3. The lowest BCUT2D eigenvalue weighted by atomic mass is 10.2. The second-order valence-electron chi connectivity index (χ2n) is 3.64. The van der Waals surface area contributed by atoms with E-state index in [0.29, 0.717) is 0 Å². The number of unbranched alkanes of at least 4 members (excludes halogenated alkanes) is 1. The molecule has 90 valence electrons. The van der Waals surface area contributed by atoms with Gasteiger partial charge in [0.1, 0.15) is 0 Å². The molecule has 1 aromatic rings. The molecule has 0 unspecified atom stereocenters. The predicted molar refractivity (Wildman–Crippen MR) is 75.2 cm³/mol. The van der Waals surface area contributed by atoms with Crippen LogP contribution in [-0.4, -0.2) is 13.6 Å². The predicted octanol–water partition coefficient (Wildman–Crippen LogP) is 4.42. The molecule has 16 heavy (non-hydrogen) atoms. The molecule has 0 aliphatic heterocycles. The fourth-order valence-electron chi connectivity index (χ4n) is 1.58. The molecule has 0 atom stereocenters. The van der Waals surface area contributed by atoms with Gasteiger partial charge >= 0.3 is 0 Å². The van der Waals surface area contributed by atoms with Crippen LogP contribution in [-0.2, 0) is 0 Å². The molecule has 1 aromatic carbocycles. The zero-order valence-corrected chi connectivity index (χ0v) is 11.2. The lowest BCUT2D eigenvalue weighted by Gasteiger charge is -2.20. The van der Waals surface area contributed by atoms with Crippen molar-refractivity contribution in [3.8, 4) is 0 Å². The van der Waals surface area contributed by atoms with Crippen molar-refractivity contribution in [3.05, 3.63) is 42.5 Å². The molecule has 1 nitrogen and oxygen atoms in total. The number of hydrogen-bond acceptors (Lipinski definition) is 1. The minimum Gasteiger partial charge on any atom is -0.374 e. The van der Waals surface area contributed by atoms with E-state index in [-0.39, 0.29) is 0 Å². The molecule has 1 heteroatoms. The maximum absolute atomic E-state index is 3.73. The van der Waals surface area contributed by atoms with Gasteiger partial charge in [0.15, 0.2) is 0 Å². The Hall–Kier alpha value is -1.24. The molecule has 0 N–H and O–H groups in total. The minimum absolute atomic E-state index is 1.09. The zero-order chi connectivity index (χ0) is 12.4. The van der Waals surface area contributed by atoms with Crippen LogP contribution in [0.4, 0.5) is 5.69 Å². The van der Waals surface area contributed by atoms with E-state index >= 15 is 0 Å². The molecule has 0 saturated heterocycles. The molecule has 0 amide bonds. The van der Waals surface area contributed by atoms with Gasteiger partial charge in [-0.25, -0.2) is 0 Å². The van der Waals surface area contributed by atoms with Gasteiger partial charge in [-0.3, -0.25) is 0 Å². The Morgan fingerprint density at radius 3 is 2.44 bits per heavy atom. The van der Waals surface area contributed by atoms with E-state index in [1.165, 1.54) is 17.7 Å². The van der Waals surface area contributed by atoms with Crippen molar-refractivity contribution in [2.24, 2.45) is 0 Å². The summed E-state index contributed by atoms with van der Waals surface area (Å²) >= 11 is 0. The topological polar surface area (TPSA) is 3.24 Å². The highest BCUT2D eigenvalue weighted by Crippen LogP contribution is 2.17. The molecule has 0 aromatic heterocycles. The first-order valence-corrected chi connectivity index (χ1v) is 6.13. The van der Waals surface area contributed by atoms with Gasteiger partial charge in [-0.2, -0.15) is 0 Å². The van der Waals surface area contributed by atoms with Gasteiger partial charge in [-0.15, -0.1) is 6.58 Å². The molecule has 0 radical (unpaired) electrons. The van der Waals surface area contributed by atoms with E-state index in [1.807, 2.05) is 19.9 Å². The van der Waals surface area contributed by atoms with Crippen molar-refractivity contribution in [2.45, 2.75) is 33.6 Å². The van der Waals surface area contributed by atoms with E-state index in [4.69, 9.17) is 0 Å². The van der Waals surface area contributed by atoms with Crippen LogP contribution in [0.2, 0.25) is 0 Å². The van der Waals surface area contributed by atoms with Crippen LogP contribution in [0.25, 0.3) is 0 Å². The summed E-state index contributed by atoms with van der Waals surface area (Å²) in [6.45, 7) is 11.0. The van der Waals surface area contributed by atoms with Crippen molar-refractivity contribution < 1.29 is 0 Å². The van der Waals surface area contributed by atoms with E-state index < -0.39 is 0 Å². The van der Waals surface area contributed by atoms with Gasteiger partial charge in [-0.05, 0) is 31.4 Å². The van der Waals surface area contributed by atoms with Crippen molar-refractivity contribution >= 4 is 5.69 Å². The second-order valence-corrected chi connectivity index (χ2v) is 3.64. The SMILES string of the molecule is C=CCCCN(C)c1ccccc1C.CC. The molecule has 0 saturated carbocycles. The van der Waals surface area contributed by atoms with Crippen LogP contribution in [0.15, 0.2) is 36.9 Å². The maximum Gasteiger partial charge on any atom is 0.0393 e. The molecular formula is C15H25N. The summed E-state index contributed by atoms with van der Waals surface area (Å²) in [5.41, 5.74) is 2.67. The molecule has 0 aliphatic carbocycles. The van der Waals surface area contributed by atoms with Crippen molar-refractivity contribution in [2.75, 3.05) is 18.5 Å². The average Bonchev–Trinajstić information content (AvgIpc) is 2.32. The highest BCUT2D eigenvalue weighted by Gasteiger charge is 2.01. The lowest BCUT2D eigenvalue weighted by Crippen LogP contribution is -2.19. The van der Waals surface area contributed by atoms with Gasteiger partial charge in [0.25, 0.3) is 0 Å². The Kier molecular flexibility index (Phi) is 8.32. The fourth-order valence-corrected chi connectivity index (χ4v) is 1.58. The minimum atomic E-state index is 1.09. The molecule has 0 aliphatic rings. The quantitative estimate of drug-likeness (QED) is 0.523. The first kappa shape index (κ1) is 14.8. The smallest absolute Gasteiger partial charge is 0.0393 e. The third-order valence-corrected chi connectivity index (χ3v) is 2.43. The molecule has 0 bridgehead atoms. The highest BCUT2D eigenvalue weighted by molar-refractivity contribution is 5.52. The van der Waals surface area contributed by atoms with Gasteiger partial charge in [0.05, 0.1) is 0 Å². The number of allylic oxidation sites excluding steroid dienone is 1. The second kappa shape index (κ2) is 9.02. The molecule has 0 fully saturated rings.